The molecule has 0 aliphatic heterocycles. The number of halogens is 2. The highest BCUT2D eigenvalue weighted by Gasteiger charge is 2.19. The third-order valence-corrected chi connectivity index (χ3v) is 9.57. The van der Waals surface area contributed by atoms with Gasteiger partial charge in [-0.3, -0.25) is 18.7 Å². The van der Waals surface area contributed by atoms with E-state index in [2.05, 4.69) is 22.5 Å². The topological polar surface area (TPSA) is 107 Å². The first-order valence-electron chi connectivity index (χ1n) is 19.3. The number of carbonyl (C=O) groups excluding carboxylic acids is 1. The molecule has 0 radical (unpaired) electrons. The number of rotatable bonds is 24. The van der Waals surface area contributed by atoms with Crippen molar-refractivity contribution in [2.24, 2.45) is 5.92 Å². The molecule has 2 N–H and O–H groups in total. The van der Waals surface area contributed by atoms with Crippen LogP contribution in [0, 0.1) is 11.9 Å². The first-order chi connectivity index (χ1) is 25.7. The zero-order chi connectivity index (χ0) is 37.8. The minimum atomic E-state index is -0.689. The number of anilines is 2. The van der Waals surface area contributed by atoms with Gasteiger partial charge in [0.15, 0.2) is 5.75 Å². The van der Waals surface area contributed by atoms with Crippen molar-refractivity contribution in [1.82, 2.24) is 19.4 Å². The van der Waals surface area contributed by atoms with Crippen molar-refractivity contribution >= 4 is 29.0 Å². The van der Waals surface area contributed by atoms with E-state index in [0.717, 1.165) is 29.4 Å². The quantitative estimate of drug-likeness (QED) is 0.0546. The number of ether oxygens (including phenoxy) is 1. The summed E-state index contributed by atoms with van der Waals surface area (Å²) < 4.78 is 22.1. The maximum absolute atomic E-state index is 14.0. The molecule has 2 aromatic heterocycles. The normalized spacial score (nSPS) is 11.7. The summed E-state index contributed by atoms with van der Waals surface area (Å²) in [4.78, 5) is 44.2. The minimum Gasteiger partial charge on any atom is -0.437 e. The van der Waals surface area contributed by atoms with Gasteiger partial charge in [-0.15, -0.1) is 0 Å². The maximum atomic E-state index is 14.0. The van der Waals surface area contributed by atoms with E-state index in [0.29, 0.717) is 23.0 Å². The molecule has 11 heteroatoms. The van der Waals surface area contributed by atoms with Crippen LogP contribution in [-0.2, 0) is 17.9 Å². The summed E-state index contributed by atoms with van der Waals surface area (Å²) in [6, 6.07) is 19.5. The number of carbonyl (C=O) groups is 1. The van der Waals surface area contributed by atoms with Crippen LogP contribution < -0.4 is 26.6 Å². The monoisotopic (exact) mass is 747 g/mol. The second-order valence-electron chi connectivity index (χ2n) is 13.8. The molecule has 9 nitrogen and oxygen atoms in total. The van der Waals surface area contributed by atoms with Gasteiger partial charge < -0.3 is 15.4 Å². The van der Waals surface area contributed by atoms with Crippen LogP contribution in [0.15, 0.2) is 82.4 Å². The summed E-state index contributed by atoms with van der Waals surface area (Å²) in [5.74, 6) is -0.929. The highest BCUT2D eigenvalue weighted by atomic mass is 35.5. The van der Waals surface area contributed by atoms with Gasteiger partial charge in [0.25, 0.3) is 5.56 Å². The van der Waals surface area contributed by atoms with Crippen molar-refractivity contribution in [3.05, 3.63) is 110 Å². The van der Waals surface area contributed by atoms with Crippen molar-refractivity contribution < 1.29 is 13.9 Å². The molecule has 0 aliphatic carbocycles. The molecular weight excluding hydrogens is 693 g/mol. The molecule has 0 bridgehead atoms. The Morgan fingerprint density at radius 2 is 1.43 bits per heavy atom. The Hall–Kier alpha value is -4.44. The zero-order valence-corrected chi connectivity index (χ0v) is 32.0. The van der Waals surface area contributed by atoms with Crippen LogP contribution in [0.5, 0.6) is 11.6 Å². The molecule has 0 saturated heterocycles. The number of para-hydroxylation sites is 2. The molecule has 0 aliphatic rings. The highest BCUT2D eigenvalue weighted by molar-refractivity contribution is 6.30. The number of hydrogen-bond acceptors (Lipinski definition) is 6. The molecule has 2 heterocycles. The smallest absolute Gasteiger partial charge is 0.332 e. The van der Waals surface area contributed by atoms with Crippen LogP contribution in [0.25, 0.3) is 0 Å². The van der Waals surface area contributed by atoms with Crippen LogP contribution in [0.3, 0.4) is 0 Å². The fraction of sp³-hybridized carbons (Fsp3) is 0.476. The standard InChI is InChI=1S/C42H55ClFN5O4/c1-3-4-5-6-7-8-9-10-11-12-13-14-15-18-28-45-41(51)32(2)30-49-40(50)29-38(48(42(49)52)31-33-24-26-34(43)27-25-33)46-35-20-16-17-21-36(35)53-39-23-19-22-37(44)47-39/h16-17,19-27,29,32,46H,3-15,18,28,30-31H2,1-2H3,(H,45,51)/t32-/m0/s1. The number of pyridine rings is 1. The summed E-state index contributed by atoms with van der Waals surface area (Å²) in [6.45, 7) is 4.58. The third-order valence-electron chi connectivity index (χ3n) is 9.32. The van der Waals surface area contributed by atoms with E-state index in [1.54, 1.807) is 55.5 Å². The van der Waals surface area contributed by atoms with E-state index >= 15 is 0 Å². The second-order valence-corrected chi connectivity index (χ2v) is 14.2. The van der Waals surface area contributed by atoms with Crippen molar-refractivity contribution in [1.29, 1.82) is 0 Å². The summed E-state index contributed by atoms with van der Waals surface area (Å²) in [5.41, 5.74) is 0.0712. The van der Waals surface area contributed by atoms with E-state index in [1.807, 2.05) is 0 Å². The summed E-state index contributed by atoms with van der Waals surface area (Å²) >= 11 is 6.11. The first kappa shape index (κ1) is 41.3. The van der Waals surface area contributed by atoms with E-state index in [9.17, 15) is 18.8 Å². The van der Waals surface area contributed by atoms with Crippen LogP contribution in [0.4, 0.5) is 15.9 Å². The second kappa shape index (κ2) is 22.6. The van der Waals surface area contributed by atoms with E-state index in [4.69, 9.17) is 16.3 Å². The van der Waals surface area contributed by atoms with Gasteiger partial charge >= 0.3 is 5.69 Å². The van der Waals surface area contributed by atoms with Gasteiger partial charge in [-0.1, -0.05) is 139 Å². The molecule has 1 atom stereocenters. The lowest BCUT2D eigenvalue weighted by Crippen LogP contribution is -2.43. The average Bonchev–Trinajstić information content (AvgIpc) is 3.14. The number of nitrogens with one attached hydrogen (secondary N) is 2. The number of hydrogen-bond donors (Lipinski definition) is 2. The average molecular weight is 748 g/mol. The van der Waals surface area contributed by atoms with Crippen LogP contribution in [0.1, 0.15) is 109 Å². The lowest BCUT2D eigenvalue weighted by molar-refractivity contribution is -0.124. The van der Waals surface area contributed by atoms with Crippen LogP contribution >= 0.6 is 11.6 Å². The maximum Gasteiger partial charge on any atom is 0.332 e. The third kappa shape index (κ3) is 14.1. The summed E-state index contributed by atoms with van der Waals surface area (Å²) in [6.07, 6.45) is 17.7. The zero-order valence-electron chi connectivity index (χ0n) is 31.3. The lowest BCUT2D eigenvalue weighted by Gasteiger charge is -2.19. The Morgan fingerprint density at radius 3 is 2.08 bits per heavy atom. The Labute approximate surface area is 318 Å². The molecule has 4 rings (SSSR count). The van der Waals surface area contributed by atoms with Crippen LogP contribution in [0.2, 0.25) is 5.02 Å². The predicted octanol–water partition coefficient (Wildman–Crippen LogP) is 10.0. The van der Waals surface area contributed by atoms with Crippen LogP contribution in [-0.4, -0.2) is 26.6 Å². The number of benzene rings is 2. The van der Waals surface area contributed by atoms with Crippen molar-refractivity contribution in [2.75, 3.05) is 11.9 Å². The van der Waals surface area contributed by atoms with Gasteiger partial charge in [-0.25, -0.2) is 4.79 Å². The van der Waals surface area contributed by atoms with Gasteiger partial charge in [0.05, 0.1) is 18.2 Å². The van der Waals surface area contributed by atoms with Crippen molar-refractivity contribution in [3.8, 4) is 11.6 Å². The lowest BCUT2D eigenvalue weighted by atomic mass is 10.0. The predicted molar refractivity (Wildman–Crippen MR) is 212 cm³/mol. The Kier molecular flexibility index (Phi) is 17.6. The largest absolute Gasteiger partial charge is 0.437 e. The molecule has 0 spiro atoms. The van der Waals surface area contributed by atoms with Crippen molar-refractivity contribution in [3.63, 3.8) is 0 Å². The molecule has 286 valence electrons. The molecule has 4 aromatic rings. The number of unbranched alkanes of at least 4 members (excludes halogenated alkanes) is 13. The van der Waals surface area contributed by atoms with Gasteiger partial charge in [-0.2, -0.15) is 9.37 Å². The SMILES string of the molecule is CCCCCCCCCCCCCCCCNC(=O)[C@@H](C)Cn1c(=O)cc(Nc2ccccc2Oc2cccc(F)n2)n(Cc2ccc(Cl)cc2)c1=O. The Morgan fingerprint density at radius 1 is 0.811 bits per heavy atom. The number of aromatic nitrogens is 3. The van der Waals surface area contributed by atoms with Crippen molar-refractivity contribution in [2.45, 2.75) is 117 Å². The minimum absolute atomic E-state index is 0.0461. The molecule has 1 amide bonds. The number of amides is 1. The Bertz CT molecular complexity index is 1830. The fourth-order valence-electron chi connectivity index (χ4n) is 6.23. The van der Waals surface area contributed by atoms with Gasteiger partial charge in [0.2, 0.25) is 17.7 Å². The molecule has 0 unspecified atom stereocenters. The fourth-order valence-corrected chi connectivity index (χ4v) is 6.36. The van der Waals surface area contributed by atoms with E-state index in [1.165, 1.54) is 99.5 Å². The number of nitrogens with zero attached hydrogens (tertiary/aromatic N) is 3. The van der Waals surface area contributed by atoms with E-state index in [-0.39, 0.29) is 30.7 Å². The first-order valence-corrected chi connectivity index (χ1v) is 19.7. The Balaban J connectivity index is 1.33. The highest BCUT2D eigenvalue weighted by Crippen LogP contribution is 2.30. The summed E-state index contributed by atoms with van der Waals surface area (Å²) in [7, 11) is 0. The van der Waals surface area contributed by atoms with Gasteiger partial charge in [-0.05, 0) is 42.3 Å². The van der Waals surface area contributed by atoms with Gasteiger partial charge in [0.1, 0.15) is 5.82 Å². The molecule has 53 heavy (non-hydrogen) atoms. The van der Waals surface area contributed by atoms with Gasteiger partial charge in [0, 0.05) is 30.2 Å². The molecular formula is C42H55ClFN5O4. The summed E-state index contributed by atoms with van der Waals surface area (Å²) in [5, 5.41) is 6.70. The molecule has 0 saturated carbocycles. The molecule has 0 fully saturated rings. The molecule has 2 aromatic carbocycles. The van der Waals surface area contributed by atoms with E-state index < -0.39 is 23.1 Å².